The molecule has 1 amide bonds. The fourth-order valence-electron chi connectivity index (χ4n) is 2.50. The van der Waals surface area contributed by atoms with Crippen molar-refractivity contribution in [1.82, 2.24) is 5.32 Å². The van der Waals surface area contributed by atoms with Gasteiger partial charge < -0.3 is 14.8 Å². The fourth-order valence-corrected chi connectivity index (χ4v) is 3.05. The normalized spacial score (nSPS) is 11.4. The number of methoxy groups -OCH3 is 1. The number of nitrogens with zero attached hydrogens (tertiary/aromatic N) is 1. The molecule has 1 atom stereocenters. The third-order valence-corrected chi connectivity index (χ3v) is 4.55. The van der Waals surface area contributed by atoms with Gasteiger partial charge in [0.05, 0.1) is 34.7 Å². The summed E-state index contributed by atoms with van der Waals surface area (Å²) < 4.78 is 10.8. The average Bonchev–Trinajstić information content (AvgIpc) is 2.67. The Morgan fingerprint density at radius 3 is 2.46 bits per heavy atom. The number of hydrogen-bond donors (Lipinski definition) is 1. The lowest BCUT2D eigenvalue weighted by atomic mass is 10.1. The lowest BCUT2D eigenvalue weighted by Crippen LogP contribution is -2.27. The van der Waals surface area contributed by atoms with Gasteiger partial charge in [0.2, 0.25) is 0 Å². The van der Waals surface area contributed by atoms with Crippen LogP contribution >= 0.6 is 15.9 Å². The molecule has 0 aliphatic heterocycles. The first-order chi connectivity index (χ1) is 13.3. The summed E-state index contributed by atoms with van der Waals surface area (Å²) in [5, 5.41) is 13.9. The highest BCUT2D eigenvalue weighted by molar-refractivity contribution is 9.10. The molecule has 8 nitrogen and oxygen atoms in total. The number of halogens is 1. The molecule has 0 saturated carbocycles. The van der Waals surface area contributed by atoms with Gasteiger partial charge in [0.15, 0.2) is 0 Å². The molecule has 9 heteroatoms. The number of carbonyl (C=O) groups is 2. The number of ether oxygens (including phenoxy) is 2. The van der Waals surface area contributed by atoms with Gasteiger partial charge >= 0.3 is 5.97 Å². The van der Waals surface area contributed by atoms with Crippen molar-refractivity contribution >= 4 is 33.5 Å². The number of hydrogen-bond acceptors (Lipinski definition) is 6. The predicted molar refractivity (Wildman–Crippen MR) is 106 cm³/mol. The minimum Gasteiger partial charge on any atom is -0.496 e. The monoisotopic (exact) mass is 450 g/mol. The van der Waals surface area contributed by atoms with Crippen LogP contribution in [0.4, 0.5) is 5.69 Å². The Morgan fingerprint density at radius 1 is 1.21 bits per heavy atom. The average molecular weight is 451 g/mol. The second-order valence-electron chi connectivity index (χ2n) is 5.84. The Balaban J connectivity index is 2.28. The van der Waals surface area contributed by atoms with Crippen molar-refractivity contribution in [2.75, 3.05) is 13.7 Å². The van der Waals surface area contributed by atoms with Gasteiger partial charge in [-0.25, -0.2) is 4.79 Å². The number of nitro groups is 1. The van der Waals surface area contributed by atoms with Crippen LogP contribution in [0, 0.1) is 10.1 Å². The van der Waals surface area contributed by atoms with E-state index in [-0.39, 0.29) is 29.5 Å². The molecule has 0 aliphatic rings. The minimum absolute atomic E-state index is 0.00307. The van der Waals surface area contributed by atoms with Crippen molar-refractivity contribution in [3.63, 3.8) is 0 Å². The third kappa shape index (κ3) is 5.07. The molecule has 0 spiro atoms. The van der Waals surface area contributed by atoms with E-state index in [0.29, 0.717) is 5.75 Å². The van der Waals surface area contributed by atoms with Crippen molar-refractivity contribution in [3.05, 3.63) is 67.7 Å². The van der Waals surface area contributed by atoms with Gasteiger partial charge in [-0.3, -0.25) is 14.9 Å². The SMILES string of the molecule is CCOC(=O)c1cc(C(=O)NC(C)c2ccc(OC)c(Br)c2)cc([N+](=O)[O-])c1. The molecular weight excluding hydrogens is 432 g/mol. The minimum atomic E-state index is -0.729. The van der Waals surface area contributed by atoms with Crippen molar-refractivity contribution in [2.45, 2.75) is 19.9 Å². The van der Waals surface area contributed by atoms with Crippen LogP contribution in [-0.2, 0) is 4.74 Å². The number of rotatable bonds is 7. The Morgan fingerprint density at radius 2 is 1.89 bits per heavy atom. The highest BCUT2D eigenvalue weighted by atomic mass is 79.9. The maximum absolute atomic E-state index is 12.6. The summed E-state index contributed by atoms with van der Waals surface area (Å²) >= 11 is 3.39. The lowest BCUT2D eigenvalue weighted by Gasteiger charge is -2.16. The number of benzene rings is 2. The highest BCUT2D eigenvalue weighted by Gasteiger charge is 2.20. The third-order valence-electron chi connectivity index (χ3n) is 3.93. The summed E-state index contributed by atoms with van der Waals surface area (Å²) in [5.41, 5.74) is 0.380. The van der Waals surface area contributed by atoms with Gasteiger partial charge in [0, 0.05) is 17.7 Å². The van der Waals surface area contributed by atoms with Crippen molar-refractivity contribution in [1.29, 1.82) is 0 Å². The molecule has 148 valence electrons. The molecule has 0 radical (unpaired) electrons. The zero-order valence-corrected chi connectivity index (χ0v) is 17.1. The predicted octanol–water partition coefficient (Wildman–Crippen LogP) is 4.03. The molecule has 2 aromatic rings. The number of nitrogens with one attached hydrogen (secondary N) is 1. The fraction of sp³-hybridized carbons (Fsp3) is 0.263. The highest BCUT2D eigenvalue weighted by Crippen LogP contribution is 2.28. The van der Waals surface area contributed by atoms with Crippen LogP contribution in [0.25, 0.3) is 0 Å². The van der Waals surface area contributed by atoms with Gasteiger partial charge in [-0.1, -0.05) is 6.07 Å². The zero-order valence-electron chi connectivity index (χ0n) is 15.5. The molecule has 0 aliphatic carbocycles. The topological polar surface area (TPSA) is 108 Å². The summed E-state index contributed by atoms with van der Waals surface area (Å²) in [5.74, 6) is -0.624. The smallest absolute Gasteiger partial charge is 0.338 e. The van der Waals surface area contributed by atoms with Gasteiger partial charge in [-0.05, 0) is 53.5 Å². The summed E-state index contributed by atoms with van der Waals surface area (Å²) in [6.45, 7) is 3.51. The van der Waals surface area contributed by atoms with E-state index in [1.807, 2.05) is 0 Å². The van der Waals surface area contributed by atoms with E-state index in [0.717, 1.165) is 22.2 Å². The van der Waals surface area contributed by atoms with Crippen molar-refractivity contribution in [2.24, 2.45) is 0 Å². The number of non-ortho nitro benzene ring substituents is 1. The molecule has 1 N–H and O–H groups in total. The number of carbonyl (C=O) groups excluding carboxylic acids is 2. The molecule has 0 fully saturated rings. The standard InChI is InChI=1S/C19H19BrN2O6/c1-4-28-19(24)14-7-13(8-15(9-14)22(25)26)18(23)21-11(2)12-5-6-17(27-3)16(20)10-12/h5-11H,4H2,1-3H3,(H,21,23). The molecule has 0 saturated heterocycles. The van der Waals surface area contributed by atoms with E-state index in [1.54, 1.807) is 39.2 Å². The molecular formula is C19H19BrN2O6. The van der Waals surface area contributed by atoms with Crippen LogP contribution in [0.3, 0.4) is 0 Å². The summed E-state index contributed by atoms with van der Waals surface area (Å²) in [6, 6.07) is 8.45. The van der Waals surface area contributed by atoms with E-state index in [9.17, 15) is 19.7 Å². The van der Waals surface area contributed by atoms with Crippen LogP contribution < -0.4 is 10.1 Å². The number of amides is 1. The quantitative estimate of drug-likeness (QED) is 0.387. The summed E-state index contributed by atoms with van der Waals surface area (Å²) in [7, 11) is 1.55. The molecule has 2 aromatic carbocycles. The van der Waals surface area contributed by atoms with Crippen LogP contribution in [0.1, 0.15) is 46.2 Å². The second kappa shape index (κ2) is 9.32. The zero-order chi connectivity index (χ0) is 20.8. The van der Waals surface area contributed by atoms with Gasteiger partial charge in [0.1, 0.15) is 5.75 Å². The van der Waals surface area contributed by atoms with E-state index in [2.05, 4.69) is 21.2 Å². The Labute approximate surface area is 170 Å². The van der Waals surface area contributed by atoms with Gasteiger partial charge in [-0.15, -0.1) is 0 Å². The van der Waals surface area contributed by atoms with Gasteiger partial charge in [-0.2, -0.15) is 0 Å². The first kappa shape index (κ1) is 21.4. The van der Waals surface area contributed by atoms with Crippen LogP contribution in [-0.4, -0.2) is 30.5 Å². The maximum atomic E-state index is 12.6. The second-order valence-corrected chi connectivity index (χ2v) is 6.69. The summed E-state index contributed by atoms with van der Waals surface area (Å²) in [4.78, 5) is 35.1. The largest absolute Gasteiger partial charge is 0.496 e. The van der Waals surface area contributed by atoms with E-state index >= 15 is 0 Å². The molecule has 1 unspecified atom stereocenters. The first-order valence-electron chi connectivity index (χ1n) is 8.37. The van der Waals surface area contributed by atoms with Crippen molar-refractivity contribution in [3.8, 4) is 5.75 Å². The van der Waals surface area contributed by atoms with Crippen LogP contribution in [0.2, 0.25) is 0 Å². The Kier molecular flexibility index (Phi) is 7.11. The first-order valence-corrected chi connectivity index (χ1v) is 9.17. The van der Waals surface area contributed by atoms with E-state index in [1.165, 1.54) is 6.07 Å². The van der Waals surface area contributed by atoms with Crippen LogP contribution in [0.5, 0.6) is 5.75 Å². The van der Waals surface area contributed by atoms with Crippen LogP contribution in [0.15, 0.2) is 40.9 Å². The van der Waals surface area contributed by atoms with Gasteiger partial charge in [0.25, 0.3) is 11.6 Å². The Bertz CT molecular complexity index is 915. The lowest BCUT2D eigenvalue weighted by molar-refractivity contribution is -0.384. The van der Waals surface area contributed by atoms with E-state index < -0.39 is 16.8 Å². The molecule has 28 heavy (non-hydrogen) atoms. The molecule has 0 bridgehead atoms. The van der Waals surface area contributed by atoms with E-state index in [4.69, 9.17) is 9.47 Å². The molecule has 0 aromatic heterocycles. The molecule has 2 rings (SSSR count). The molecule has 0 heterocycles. The Hall–Kier alpha value is -2.94. The number of esters is 1. The summed E-state index contributed by atoms with van der Waals surface area (Å²) in [6.07, 6.45) is 0. The van der Waals surface area contributed by atoms with Crippen molar-refractivity contribution < 1.29 is 24.0 Å². The number of nitro benzene ring substituents is 1. The maximum Gasteiger partial charge on any atom is 0.338 e.